The van der Waals surface area contributed by atoms with E-state index in [0.29, 0.717) is 30.0 Å². The minimum atomic E-state index is -2.64. The topological polar surface area (TPSA) is 49.8 Å². The average Bonchev–Trinajstić information content (AvgIpc) is 2.53. The molecule has 0 atom stereocenters. The lowest BCUT2D eigenvalue weighted by molar-refractivity contribution is -0.109. The van der Waals surface area contributed by atoms with Crippen LogP contribution in [0.3, 0.4) is 0 Å². The van der Waals surface area contributed by atoms with Gasteiger partial charge >= 0.3 is 0 Å². The van der Waals surface area contributed by atoms with E-state index in [1.165, 1.54) is 0 Å². The maximum Gasteiger partial charge on any atom is 0.252 e. The van der Waals surface area contributed by atoms with Crippen LogP contribution >= 0.6 is 0 Å². The summed E-state index contributed by atoms with van der Waals surface area (Å²) in [6.07, 6.45) is 3.77. The number of rotatable bonds is 5. The van der Waals surface area contributed by atoms with E-state index in [0.717, 1.165) is 5.56 Å². The molecule has 4 rings (SSSR count). The van der Waals surface area contributed by atoms with Gasteiger partial charge in [-0.05, 0) is 38.1 Å². The van der Waals surface area contributed by atoms with Crippen LogP contribution in [0.15, 0.2) is 36.7 Å². The minimum absolute atomic E-state index is 0.0160. The molecule has 2 aliphatic carbocycles. The molecule has 0 aliphatic heterocycles. The van der Waals surface area contributed by atoms with Crippen LogP contribution in [-0.4, -0.2) is 33.1 Å². The van der Waals surface area contributed by atoms with Crippen molar-refractivity contribution in [2.75, 3.05) is 10.6 Å². The maximum atomic E-state index is 13.8. The number of pyridine rings is 2. The van der Waals surface area contributed by atoms with Crippen molar-refractivity contribution >= 4 is 11.5 Å². The van der Waals surface area contributed by atoms with E-state index in [1.807, 2.05) is 24.3 Å². The summed E-state index contributed by atoms with van der Waals surface area (Å²) in [7, 11) is 0. The van der Waals surface area contributed by atoms with Crippen LogP contribution in [0.1, 0.15) is 39.5 Å². The molecule has 2 heterocycles. The molecule has 4 nitrogen and oxygen atoms in total. The third-order valence-corrected chi connectivity index (χ3v) is 5.27. The lowest BCUT2D eigenvalue weighted by Crippen LogP contribution is -2.55. The largest absolute Gasteiger partial charge is 0.379 e. The zero-order chi connectivity index (χ0) is 19.3. The molecule has 0 spiro atoms. The van der Waals surface area contributed by atoms with Gasteiger partial charge < -0.3 is 10.6 Å². The van der Waals surface area contributed by atoms with Gasteiger partial charge in [0.2, 0.25) is 0 Å². The fourth-order valence-corrected chi connectivity index (χ4v) is 4.10. The van der Waals surface area contributed by atoms with E-state index < -0.39 is 17.1 Å². The molecule has 0 unspecified atom stereocenters. The molecule has 2 fully saturated rings. The van der Waals surface area contributed by atoms with Crippen molar-refractivity contribution in [1.29, 1.82) is 0 Å². The molecule has 2 aromatic heterocycles. The Balaban J connectivity index is 1.60. The second kappa shape index (κ2) is 6.11. The highest BCUT2D eigenvalue weighted by atomic mass is 19.3. The van der Waals surface area contributed by atoms with Gasteiger partial charge in [0.15, 0.2) is 5.82 Å². The lowest BCUT2D eigenvalue weighted by atomic mass is 9.75. The van der Waals surface area contributed by atoms with E-state index in [4.69, 9.17) is 0 Å². The molecule has 2 aliphatic rings. The molecule has 2 N–H and O–H groups in total. The molecule has 2 saturated carbocycles. The van der Waals surface area contributed by atoms with Crippen molar-refractivity contribution in [3.63, 3.8) is 0 Å². The van der Waals surface area contributed by atoms with E-state index in [-0.39, 0.29) is 18.9 Å². The zero-order valence-electron chi connectivity index (χ0n) is 15.4. The van der Waals surface area contributed by atoms with Crippen molar-refractivity contribution in [3.05, 3.63) is 36.7 Å². The molecular formula is C20H23F3N4. The van der Waals surface area contributed by atoms with Crippen LogP contribution in [0.25, 0.3) is 11.3 Å². The first-order valence-electron chi connectivity index (χ1n) is 9.16. The summed E-state index contributed by atoms with van der Waals surface area (Å²) < 4.78 is 40.6. The van der Waals surface area contributed by atoms with Gasteiger partial charge in [-0.15, -0.1) is 0 Å². The van der Waals surface area contributed by atoms with Crippen molar-refractivity contribution in [3.8, 4) is 11.3 Å². The van der Waals surface area contributed by atoms with Crippen molar-refractivity contribution in [2.45, 2.75) is 62.7 Å². The fourth-order valence-electron chi connectivity index (χ4n) is 4.10. The summed E-state index contributed by atoms with van der Waals surface area (Å²) >= 11 is 0. The molecule has 0 radical (unpaired) electrons. The summed E-state index contributed by atoms with van der Waals surface area (Å²) in [4.78, 5) is 8.76. The monoisotopic (exact) mass is 376 g/mol. The first-order valence-corrected chi connectivity index (χ1v) is 9.16. The number of alkyl halides is 3. The van der Waals surface area contributed by atoms with Crippen LogP contribution in [0.5, 0.6) is 0 Å². The van der Waals surface area contributed by atoms with E-state index in [1.54, 1.807) is 26.2 Å². The fraction of sp³-hybridized carbons (Fsp3) is 0.500. The number of anilines is 2. The van der Waals surface area contributed by atoms with E-state index >= 15 is 0 Å². The molecule has 2 aromatic rings. The second-order valence-electron chi connectivity index (χ2n) is 8.39. The summed E-state index contributed by atoms with van der Waals surface area (Å²) in [6, 6.07) is 7.45. The normalized spacial score (nSPS) is 28.0. The minimum Gasteiger partial charge on any atom is -0.379 e. The van der Waals surface area contributed by atoms with Gasteiger partial charge in [0.05, 0.1) is 11.4 Å². The Labute approximate surface area is 156 Å². The van der Waals surface area contributed by atoms with Gasteiger partial charge in [0.25, 0.3) is 5.92 Å². The average molecular weight is 376 g/mol. The molecule has 0 saturated heterocycles. The van der Waals surface area contributed by atoms with Crippen LogP contribution in [0, 0.1) is 0 Å². The van der Waals surface area contributed by atoms with E-state index in [2.05, 4.69) is 20.6 Å². The van der Waals surface area contributed by atoms with Gasteiger partial charge in [0.1, 0.15) is 5.67 Å². The first kappa shape index (κ1) is 18.1. The van der Waals surface area contributed by atoms with Crippen molar-refractivity contribution in [2.24, 2.45) is 0 Å². The molecule has 0 amide bonds. The van der Waals surface area contributed by atoms with Crippen LogP contribution < -0.4 is 10.6 Å². The number of aromatic nitrogens is 2. The van der Waals surface area contributed by atoms with Crippen molar-refractivity contribution in [1.82, 2.24) is 9.97 Å². The Morgan fingerprint density at radius 3 is 2.41 bits per heavy atom. The SMILES string of the molecule is CC1(F)CC(Nc2ccc(-c3cccnc3)nc2NC2(C)CC(F)(F)C2)C1. The molecule has 144 valence electrons. The van der Waals surface area contributed by atoms with Crippen molar-refractivity contribution < 1.29 is 13.2 Å². The lowest BCUT2D eigenvalue weighted by Gasteiger charge is -2.46. The Kier molecular flexibility index (Phi) is 4.09. The van der Waals surface area contributed by atoms with Crippen LogP contribution in [0.2, 0.25) is 0 Å². The van der Waals surface area contributed by atoms with Gasteiger partial charge in [0, 0.05) is 55.2 Å². The Morgan fingerprint density at radius 1 is 1.07 bits per heavy atom. The third-order valence-electron chi connectivity index (χ3n) is 5.27. The number of hydrogen-bond donors (Lipinski definition) is 2. The highest BCUT2D eigenvalue weighted by molar-refractivity contribution is 5.71. The van der Waals surface area contributed by atoms with Gasteiger partial charge in [-0.2, -0.15) is 0 Å². The van der Waals surface area contributed by atoms with Gasteiger partial charge in [-0.1, -0.05) is 0 Å². The molecular weight excluding hydrogens is 353 g/mol. The molecule has 7 heteroatoms. The third kappa shape index (κ3) is 3.87. The Morgan fingerprint density at radius 2 is 1.81 bits per heavy atom. The second-order valence-corrected chi connectivity index (χ2v) is 8.39. The summed E-state index contributed by atoms with van der Waals surface area (Å²) in [5.74, 6) is -2.12. The Hall–Kier alpha value is -2.31. The number of nitrogens with zero attached hydrogens (tertiary/aromatic N) is 2. The van der Waals surface area contributed by atoms with Crippen LogP contribution in [0.4, 0.5) is 24.7 Å². The molecule has 0 bridgehead atoms. The highest BCUT2D eigenvalue weighted by Gasteiger charge is 2.54. The van der Waals surface area contributed by atoms with Gasteiger partial charge in [-0.3, -0.25) is 4.98 Å². The highest BCUT2D eigenvalue weighted by Crippen LogP contribution is 2.48. The van der Waals surface area contributed by atoms with Gasteiger partial charge in [-0.25, -0.2) is 18.2 Å². The quantitative estimate of drug-likeness (QED) is 0.767. The summed E-state index contributed by atoms with van der Waals surface area (Å²) in [6.45, 7) is 3.36. The van der Waals surface area contributed by atoms with E-state index in [9.17, 15) is 13.2 Å². The van der Waals surface area contributed by atoms with Crippen LogP contribution in [-0.2, 0) is 0 Å². The maximum absolute atomic E-state index is 13.8. The standard InChI is InChI=1S/C20H23F3N4/c1-18(21)8-14(9-18)25-16-6-5-15(13-4-3-7-24-10-13)26-17(16)27-19(2)11-20(22,23)12-19/h3-7,10,14,25H,8-9,11-12H2,1-2H3,(H,26,27). The summed E-state index contributed by atoms with van der Waals surface area (Å²) in [5, 5.41) is 6.50. The first-order chi connectivity index (χ1) is 12.6. The zero-order valence-corrected chi connectivity index (χ0v) is 15.4. The number of halogens is 3. The predicted molar refractivity (Wildman–Crippen MR) is 99.8 cm³/mol. The number of hydrogen-bond acceptors (Lipinski definition) is 4. The molecule has 27 heavy (non-hydrogen) atoms. The summed E-state index contributed by atoms with van der Waals surface area (Å²) in [5.41, 5.74) is 0.399. The molecule has 0 aromatic carbocycles. The smallest absolute Gasteiger partial charge is 0.252 e. The predicted octanol–water partition coefficient (Wildman–Crippen LogP) is 5.05. The Bertz CT molecular complexity index is 822. The number of nitrogens with one attached hydrogen (secondary N) is 2.